The number of thiophene rings is 1. The first-order valence-electron chi connectivity index (χ1n) is 7.58. The highest BCUT2D eigenvalue weighted by Crippen LogP contribution is 2.17. The minimum Gasteiger partial charge on any atom is -0.337 e. The van der Waals surface area contributed by atoms with Crippen LogP contribution < -0.4 is 10.6 Å². The summed E-state index contributed by atoms with van der Waals surface area (Å²) in [6.45, 7) is 1.77. The molecular weight excluding hydrogens is 310 g/mol. The van der Waals surface area contributed by atoms with Gasteiger partial charge in [-0.2, -0.15) is 0 Å². The standard InChI is InChI=1S/C17H19N3O2S/c1-20(14-7-8-18-11-14)17(22)12-4-2-5-13(10-12)19-16(21)15-6-3-9-23-15/h2-6,9-10,14,18H,7-8,11H2,1H3,(H,19,21). The minimum absolute atomic E-state index is 0.0223. The van der Waals surface area contributed by atoms with Crippen molar-refractivity contribution in [1.82, 2.24) is 10.2 Å². The Morgan fingerprint density at radius 3 is 2.87 bits per heavy atom. The van der Waals surface area contributed by atoms with Crippen LogP contribution in [0.15, 0.2) is 41.8 Å². The molecule has 0 saturated carbocycles. The molecule has 1 saturated heterocycles. The topological polar surface area (TPSA) is 61.4 Å². The summed E-state index contributed by atoms with van der Waals surface area (Å²) in [4.78, 5) is 27.1. The molecule has 2 aromatic rings. The second-order valence-electron chi connectivity index (χ2n) is 5.57. The number of likely N-dealkylation sites (N-methyl/N-ethyl adjacent to an activating group) is 1. The van der Waals surface area contributed by atoms with Crippen molar-refractivity contribution in [2.45, 2.75) is 12.5 Å². The molecule has 2 heterocycles. The number of benzene rings is 1. The van der Waals surface area contributed by atoms with Crippen LogP contribution in [0.4, 0.5) is 5.69 Å². The van der Waals surface area contributed by atoms with Gasteiger partial charge in [-0.25, -0.2) is 0 Å². The van der Waals surface area contributed by atoms with Gasteiger partial charge in [-0.3, -0.25) is 9.59 Å². The zero-order chi connectivity index (χ0) is 16.2. The molecule has 1 aromatic carbocycles. The molecular formula is C17H19N3O2S. The number of rotatable bonds is 4. The molecule has 3 rings (SSSR count). The summed E-state index contributed by atoms with van der Waals surface area (Å²) in [6.07, 6.45) is 0.969. The summed E-state index contributed by atoms with van der Waals surface area (Å²) >= 11 is 1.39. The number of amides is 2. The third-order valence-electron chi connectivity index (χ3n) is 4.01. The Morgan fingerprint density at radius 2 is 2.17 bits per heavy atom. The summed E-state index contributed by atoms with van der Waals surface area (Å²) in [5, 5.41) is 7.96. The maximum Gasteiger partial charge on any atom is 0.265 e. The number of hydrogen-bond acceptors (Lipinski definition) is 4. The summed E-state index contributed by atoms with van der Waals surface area (Å²) < 4.78 is 0. The molecule has 2 amide bonds. The molecule has 2 N–H and O–H groups in total. The Morgan fingerprint density at radius 1 is 1.30 bits per heavy atom. The van der Waals surface area contributed by atoms with Gasteiger partial charge in [0.15, 0.2) is 0 Å². The molecule has 5 nitrogen and oxygen atoms in total. The largest absolute Gasteiger partial charge is 0.337 e. The first-order valence-corrected chi connectivity index (χ1v) is 8.46. The second-order valence-corrected chi connectivity index (χ2v) is 6.52. The number of anilines is 1. The fourth-order valence-corrected chi connectivity index (χ4v) is 3.29. The molecule has 1 aliphatic rings. The maximum atomic E-state index is 12.6. The van der Waals surface area contributed by atoms with Gasteiger partial charge in [0.05, 0.1) is 4.88 Å². The van der Waals surface area contributed by atoms with Crippen LogP contribution in [0.5, 0.6) is 0 Å². The average Bonchev–Trinajstić information content (AvgIpc) is 3.26. The van der Waals surface area contributed by atoms with E-state index in [0.29, 0.717) is 16.1 Å². The Balaban J connectivity index is 1.71. The lowest BCUT2D eigenvalue weighted by molar-refractivity contribution is 0.0743. The molecule has 1 aromatic heterocycles. The third-order valence-corrected chi connectivity index (χ3v) is 4.88. The van der Waals surface area contributed by atoms with Crippen LogP contribution in [0.2, 0.25) is 0 Å². The molecule has 0 aliphatic carbocycles. The highest BCUT2D eigenvalue weighted by molar-refractivity contribution is 7.12. The molecule has 1 unspecified atom stereocenters. The van der Waals surface area contributed by atoms with E-state index in [1.807, 2.05) is 18.5 Å². The van der Waals surface area contributed by atoms with E-state index in [1.54, 1.807) is 35.2 Å². The number of hydrogen-bond donors (Lipinski definition) is 2. The van der Waals surface area contributed by atoms with E-state index in [0.717, 1.165) is 19.5 Å². The van der Waals surface area contributed by atoms with E-state index in [-0.39, 0.29) is 17.9 Å². The van der Waals surface area contributed by atoms with Crippen LogP contribution in [0, 0.1) is 0 Å². The van der Waals surface area contributed by atoms with Gasteiger partial charge in [-0.1, -0.05) is 12.1 Å². The van der Waals surface area contributed by atoms with Crippen molar-refractivity contribution in [3.8, 4) is 0 Å². The normalized spacial score (nSPS) is 17.0. The average molecular weight is 329 g/mol. The van der Waals surface area contributed by atoms with Gasteiger partial charge in [-0.15, -0.1) is 11.3 Å². The zero-order valence-electron chi connectivity index (χ0n) is 12.9. The summed E-state index contributed by atoms with van der Waals surface area (Å²) in [6, 6.07) is 10.9. The van der Waals surface area contributed by atoms with Gasteiger partial charge in [0.25, 0.3) is 11.8 Å². The molecule has 120 valence electrons. The fraction of sp³-hybridized carbons (Fsp3) is 0.294. The van der Waals surface area contributed by atoms with Gasteiger partial charge in [-0.05, 0) is 42.6 Å². The Labute approximate surface area is 139 Å². The number of carbonyl (C=O) groups excluding carboxylic acids is 2. The fourth-order valence-electron chi connectivity index (χ4n) is 2.67. The van der Waals surface area contributed by atoms with Crippen molar-refractivity contribution in [2.24, 2.45) is 0 Å². The first-order chi connectivity index (χ1) is 11.1. The van der Waals surface area contributed by atoms with Gasteiger partial charge >= 0.3 is 0 Å². The lowest BCUT2D eigenvalue weighted by Gasteiger charge is -2.24. The molecule has 0 radical (unpaired) electrons. The lowest BCUT2D eigenvalue weighted by Crippen LogP contribution is -2.38. The summed E-state index contributed by atoms with van der Waals surface area (Å²) in [5.41, 5.74) is 1.22. The molecule has 6 heteroatoms. The number of nitrogens with one attached hydrogen (secondary N) is 2. The highest BCUT2D eigenvalue weighted by atomic mass is 32.1. The van der Waals surface area contributed by atoms with Gasteiger partial charge < -0.3 is 15.5 Å². The predicted octanol–water partition coefficient (Wildman–Crippen LogP) is 2.43. The number of carbonyl (C=O) groups is 2. The van der Waals surface area contributed by atoms with Gasteiger partial charge in [0.2, 0.25) is 0 Å². The van der Waals surface area contributed by atoms with Crippen LogP contribution in [0.1, 0.15) is 26.5 Å². The molecule has 0 bridgehead atoms. The maximum absolute atomic E-state index is 12.6. The van der Waals surface area contributed by atoms with Crippen molar-refractivity contribution in [3.63, 3.8) is 0 Å². The second kappa shape index (κ2) is 6.93. The van der Waals surface area contributed by atoms with E-state index >= 15 is 0 Å². The Kier molecular flexibility index (Phi) is 4.73. The lowest BCUT2D eigenvalue weighted by atomic mass is 10.1. The van der Waals surface area contributed by atoms with E-state index in [2.05, 4.69) is 10.6 Å². The van der Waals surface area contributed by atoms with Crippen molar-refractivity contribution >= 4 is 28.8 Å². The van der Waals surface area contributed by atoms with E-state index < -0.39 is 0 Å². The minimum atomic E-state index is -0.155. The quantitative estimate of drug-likeness (QED) is 0.906. The van der Waals surface area contributed by atoms with Crippen LogP contribution in [0.25, 0.3) is 0 Å². The van der Waals surface area contributed by atoms with E-state index in [4.69, 9.17) is 0 Å². The predicted molar refractivity (Wildman–Crippen MR) is 92.1 cm³/mol. The number of nitrogens with zero attached hydrogens (tertiary/aromatic N) is 1. The SMILES string of the molecule is CN(C(=O)c1cccc(NC(=O)c2cccs2)c1)C1CCNC1. The molecule has 0 spiro atoms. The molecule has 23 heavy (non-hydrogen) atoms. The summed E-state index contributed by atoms with van der Waals surface area (Å²) in [5.74, 6) is -0.177. The van der Waals surface area contributed by atoms with E-state index in [1.165, 1.54) is 11.3 Å². The molecule has 1 fully saturated rings. The van der Waals surface area contributed by atoms with Crippen LogP contribution >= 0.6 is 11.3 Å². The third kappa shape index (κ3) is 3.60. The van der Waals surface area contributed by atoms with Crippen molar-refractivity contribution < 1.29 is 9.59 Å². The van der Waals surface area contributed by atoms with E-state index in [9.17, 15) is 9.59 Å². The van der Waals surface area contributed by atoms with Gasteiger partial charge in [0.1, 0.15) is 0 Å². The smallest absolute Gasteiger partial charge is 0.265 e. The highest BCUT2D eigenvalue weighted by Gasteiger charge is 2.24. The van der Waals surface area contributed by atoms with Crippen LogP contribution in [-0.2, 0) is 0 Å². The van der Waals surface area contributed by atoms with Crippen molar-refractivity contribution in [1.29, 1.82) is 0 Å². The van der Waals surface area contributed by atoms with Crippen LogP contribution in [0.3, 0.4) is 0 Å². The summed E-state index contributed by atoms with van der Waals surface area (Å²) in [7, 11) is 1.83. The monoisotopic (exact) mass is 329 g/mol. The van der Waals surface area contributed by atoms with Crippen molar-refractivity contribution in [3.05, 3.63) is 52.2 Å². The molecule has 1 aliphatic heterocycles. The Hall–Kier alpha value is -2.18. The molecule has 1 atom stereocenters. The van der Waals surface area contributed by atoms with Crippen LogP contribution in [-0.4, -0.2) is 42.9 Å². The zero-order valence-corrected chi connectivity index (χ0v) is 13.7. The first kappa shape index (κ1) is 15.7. The van der Waals surface area contributed by atoms with Crippen molar-refractivity contribution in [2.75, 3.05) is 25.5 Å². The van der Waals surface area contributed by atoms with Gasteiger partial charge in [0, 0.05) is 30.9 Å². The Bertz CT molecular complexity index is 694.